The van der Waals surface area contributed by atoms with Crippen molar-refractivity contribution in [2.45, 2.75) is 31.4 Å². The van der Waals surface area contributed by atoms with E-state index in [1.807, 2.05) is 54.6 Å². The number of ether oxygens (including phenoxy) is 1. The molecule has 7 heteroatoms. The van der Waals surface area contributed by atoms with Crippen LogP contribution in [0.25, 0.3) is 0 Å². The normalized spacial score (nSPS) is 15.8. The van der Waals surface area contributed by atoms with Gasteiger partial charge in [-0.25, -0.2) is 0 Å². The van der Waals surface area contributed by atoms with Gasteiger partial charge in [0, 0.05) is 25.8 Å². The van der Waals surface area contributed by atoms with Crippen molar-refractivity contribution in [3.05, 3.63) is 65.7 Å². The largest absolute Gasteiger partial charge is 0.480 e. The van der Waals surface area contributed by atoms with Gasteiger partial charge in [-0.3, -0.25) is 14.4 Å². The summed E-state index contributed by atoms with van der Waals surface area (Å²) < 4.78 is 5.71. The van der Waals surface area contributed by atoms with E-state index < -0.39 is 18.1 Å². The SMILES string of the molecule is NC(=O)CCNC(=O)[C@@H](Cc1ccccc1)NC(=O)[C@H]1Cc2ccccc2O1. The van der Waals surface area contributed by atoms with Crippen LogP contribution >= 0.6 is 0 Å². The first kappa shape index (κ1) is 19.4. The van der Waals surface area contributed by atoms with Crippen LogP contribution in [0.4, 0.5) is 0 Å². The minimum atomic E-state index is -0.782. The zero-order chi connectivity index (χ0) is 19.9. The number of amides is 3. The maximum Gasteiger partial charge on any atom is 0.262 e. The molecular weight excluding hydrogens is 358 g/mol. The van der Waals surface area contributed by atoms with Crippen LogP contribution in [-0.4, -0.2) is 36.4 Å². The summed E-state index contributed by atoms with van der Waals surface area (Å²) in [4.78, 5) is 36.2. The molecule has 2 atom stereocenters. The maximum absolute atomic E-state index is 12.7. The maximum atomic E-state index is 12.7. The van der Waals surface area contributed by atoms with Gasteiger partial charge in [-0.15, -0.1) is 0 Å². The van der Waals surface area contributed by atoms with Crippen LogP contribution in [-0.2, 0) is 27.2 Å². The Morgan fingerprint density at radius 2 is 1.79 bits per heavy atom. The Bertz CT molecular complexity index is 829. The van der Waals surface area contributed by atoms with Crippen molar-refractivity contribution in [2.24, 2.45) is 5.73 Å². The average Bonchev–Trinajstić information content (AvgIpc) is 3.12. The fourth-order valence-corrected chi connectivity index (χ4v) is 3.08. The molecule has 3 amide bonds. The second kappa shape index (κ2) is 9.03. The molecule has 1 aliphatic rings. The second-order valence-corrected chi connectivity index (χ2v) is 6.68. The lowest BCUT2D eigenvalue weighted by Crippen LogP contribution is -2.51. The predicted molar refractivity (Wildman–Crippen MR) is 103 cm³/mol. The zero-order valence-corrected chi connectivity index (χ0v) is 15.4. The molecule has 0 saturated heterocycles. The summed E-state index contributed by atoms with van der Waals surface area (Å²) >= 11 is 0. The van der Waals surface area contributed by atoms with Gasteiger partial charge in [0.2, 0.25) is 11.8 Å². The minimum Gasteiger partial charge on any atom is -0.480 e. The van der Waals surface area contributed by atoms with Gasteiger partial charge in [0.05, 0.1) is 0 Å². The lowest BCUT2D eigenvalue weighted by Gasteiger charge is -2.20. The molecule has 0 aliphatic carbocycles. The van der Waals surface area contributed by atoms with Crippen LogP contribution in [0.3, 0.4) is 0 Å². The molecule has 0 aromatic heterocycles. The third-order valence-corrected chi connectivity index (χ3v) is 4.53. The quantitative estimate of drug-likeness (QED) is 0.625. The molecule has 1 heterocycles. The van der Waals surface area contributed by atoms with Gasteiger partial charge in [0.15, 0.2) is 6.10 Å². The Morgan fingerprint density at radius 3 is 2.50 bits per heavy atom. The molecule has 1 aliphatic heterocycles. The Morgan fingerprint density at radius 1 is 1.07 bits per heavy atom. The molecule has 146 valence electrons. The van der Waals surface area contributed by atoms with Crippen molar-refractivity contribution in [3.8, 4) is 5.75 Å². The summed E-state index contributed by atoms with van der Waals surface area (Å²) in [7, 11) is 0. The van der Waals surface area contributed by atoms with Gasteiger partial charge >= 0.3 is 0 Å². The number of rotatable bonds is 8. The van der Waals surface area contributed by atoms with E-state index in [-0.39, 0.29) is 24.8 Å². The first-order valence-corrected chi connectivity index (χ1v) is 9.18. The Hall–Kier alpha value is -3.35. The number of carbonyl (C=O) groups is 3. The third-order valence-electron chi connectivity index (χ3n) is 4.53. The third kappa shape index (κ3) is 5.09. The van der Waals surface area contributed by atoms with Crippen LogP contribution in [0.5, 0.6) is 5.75 Å². The van der Waals surface area contributed by atoms with Gasteiger partial charge < -0.3 is 21.1 Å². The molecule has 3 rings (SSSR count). The summed E-state index contributed by atoms with van der Waals surface area (Å²) in [6, 6.07) is 16.1. The average molecular weight is 381 g/mol. The minimum absolute atomic E-state index is 0.0405. The van der Waals surface area contributed by atoms with Crippen molar-refractivity contribution in [2.75, 3.05) is 6.54 Å². The van der Waals surface area contributed by atoms with Crippen LogP contribution in [0.15, 0.2) is 54.6 Å². The van der Waals surface area contributed by atoms with Crippen molar-refractivity contribution in [3.63, 3.8) is 0 Å². The number of hydrogen-bond donors (Lipinski definition) is 3. The fraction of sp³-hybridized carbons (Fsp3) is 0.286. The summed E-state index contributed by atoms with van der Waals surface area (Å²) in [6.45, 7) is 0.126. The van der Waals surface area contributed by atoms with Crippen LogP contribution in [0, 0.1) is 0 Å². The topological polar surface area (TPSA) is 111 Å². The van der Waals surface area contributed by atoms with Gasteiger partial charge in [-0.2, -0.15) is 0 Å². The molecule has 7 nitrogen and oxygen atoms in total. The number of benzene rings is 2. The lowest BCUT2D eigenvalue weighted by molar-refractivity contribution is -0.132. The molecule has 0 spiro atoms. The van der Waals surface area contributed by atoms with E-state index in [0.717, 1.165) is 11.1 Å². The van der Waals surface area contributed by atoms with Crippen molar-refractivity contribution in [1.82, 2.24) is 10.6 Å². The van der Waals surface area contributed by atoms with Crippen molar-refractivity contribution >= 4 is 17.7 Å². The molecule has 2 aromatic carbocycles. The van der Waals surface area contributed by atoms with Crippen LogP contribution in [0.1, 0.15) is 17.5 Å². The molecule has 0 bridgehead atoms. The number of carbonyl (C=O) groups excluding carboxylic acids is 3. The van der Waals surface area contributed by atoms with Crippen LogP contribution in [0.2, 0.25) is 0 Å². The molecule has 4 N–H and O–H groups in total. The second-order valence-electron chi connectivity index (χ2n) is 6.68. The first-order valence-electron chi connectivity index (χ1n) is 9.18. The Labute approximate surface area is 163 Å². The van der Waals surface area contributed by atoms with Gasteiger partial charge in [0.1, 0.15) is 11.8 Å². The van der Waals surface area contributed by atoms with Gasteiger partial charge in [-0.05, 0) is 17.2 Å². The van der Waals surface area contributed by atoms with E-state index in [1.165, 1.54) is 0 Å². The van der Waals surface area contributed by atoms with Crippen molar-refractivity contribution in [1.29, 1.82) is 0 Å². The van der Waals surface area contributed by atoms with E-state index in [0.29, 0.717) is 18.6 Å². The van der Waals surface area contributed by atoms with Gasteiger partial charge in [-0.1, -0.05) is 48.5 Å². The number of hydrogen-bond acceptors (Lipinski definition) is 4. The Balaban J connectivity index is 1.65. The predicted octanol–water partition coefficient (Wildman–Crippen LogP) is 0.709. The van der Waals surface area contributed by atoms with Crippen molar-refractivity contribution < 1.29 is 19.1 Å². The fourth-order valence-electron chi connectivity index (χ4n) is 3.08. The van der Waals surface area contributed by atoms with Crippen LogP contribution < -0.4 is 21.1 Å². The molecule has 0 radical (unpaired) electrons. The highest BCUT2D eigenvalue weighted by Crippen LogP contribution is 2.28. The highest BCUT2D eigenvalue weighted by atomic mass is 16.5. The molecule has 0 unspecified atom stereocenters. The van der Waals surface area contributed by atoms with E-state index >= 15 is 0 Å². The summed E-state index contributed by atoms with van der Waals surface area (Å²) in [5.74, 6) is -0.523. The number of fused-ring (bicyclic) bond motifs is 1. The highest BCUT2D eigenvalue weighted by molar-refractivity contribution is 5.90. The number of primary amides is 1. The summed E-state index contributed by atoms with van der Waals surface area (Å²) in [6.07, 6.45) is 0.158. The zero-order valence-electron chi connectivity index (χ0n) is 15.4. The molecular formula is C21H23N3O4. The monoisotopic (exact) mass is 381 g/mol. The van der Waals surface area contributed by atoms with Gasteiger partial charge in [0.25, 0.3) is 5.91 Å². The Kier molecular flexibility index (Phi) is 6.26. The molecule has 2 aromatic rings. The smallest absolute Gasteiger partial charge is 0.262 e. The highest BCUT2D eigenvalue weighted by Gasteiger charge is 2.31. The van der Waals surface area contributed by atoms with E-state index in [2.05, 4.69) is 10.6 Å². The molecule has 0 saturated carbocycles. The van der Waals surface area contributed by atoms with E-state index in [1.54, 1.807) is 0 Å². The number of para-hydroxylation sites is 1. The van der Waals surface area contributed by atoms with E-state index in [9.17, 15) is 14.4 Å². The molecule has 28 heavy (non-hydrogen) atoms. The summed E-state index contributed by atoms with van der Waals surface area (Å²) in [5, 5.41) is 5.44. The standard InChI is InChI=1S/C21H23N3O4/c22-19(25)10-11-23-20(26)16(12-14-6-2-1-3-7-14)24-21(27)18-13-15-8-4-5-9-17(15)28-18/h1-9,16,18H,10-13H2,(H2,22,25)(H,23,26)(H,24,27)/t16-,18-/m1/s1. The number of nitrogens with one attached hydrogen (secondary N) is 2. The molecule has 0 fully saturated rings. The van der Waals surface area contributed by atoms with E-state index in [4.69, 9.17) is 10.5 Å². The number of nitrogens with two attached hydrogens (primary N) is 1. The first-order chi connectivity index (χ1) is 13.5. The summed E-state index contributed by atoms with van der Waals surface area (Å²) in [5.41, 5.74) is 6.98. The lowest BCUT2D eigenvalue weighted by atomic mass is 10.0.